The summed E-state index contributed by atoms with van der Waals surface area (Å²) in [7, 11) is -4.11. The predicted molar refractivity (Wildman–Crippen MR) is 124 cm³/mol. The van der Waals surface area contributed by atoms with Crippen molar-refractivity contribution in [1.29, 1.82) is 0 Å². The zero-order valence-electron chi connectivity index (χ0n) is 18.4. The van der Waals surface area contributed by atoms with E-state index in [0.29, 0.717) is 22.7 Å². The van der Waals surface area contributed by atoms with Crippen LogP contribution in [0.25, 0.3) is 0 Å². The number of rotatable bonds is 6. The molecule has 0 saturated carbocycles. The summed E-state index contributed by atoms with van der Waals surface area (Å²) >= 11 is 0. The monoisotopic (exact) mass is 478 g/mol. The first-order valence-corrected chi connectivity index (χ1v) is 12.2. The van der Waals surface area contributed by atoms with Crippen LogP contribution in [-0.2, 0) is 26.2 Å². The Morgan fingerprint density at radius 1 is 0.941 bits per heavy atom. The summed E-state index contributed by atoms with van der Waals surface area (Å²) < 4.78 is 39.4. The average Bonchev–Trinajstić information content (AvgIpc) is 3.41. The number of hydrogen-bond acceptors (Lipinski definition) is 6. The lowest BCUT2D eigenvalue weighted by atomic mass is 10.1. The first-order chi connectivity index (χ1) is 16.3. The van der Waals surface area contributed by atoms with Gasteiger partial charge in [-0.3, -0.25) is 9.59 Å². The van der Waals surface area contributed by atoms with Gasteiger partial charge in [-0.2, -0.15) is 4.31 Å². The van der Waals surface area contributed by atoms with Gasteiger partial charge < -0.3 is 9.47 Å². The lowest BCUT2D eigenvalue weighted by Gasteiger charge is -2.27. The summed E-state index contributed by atoms with van der Waals surface area (Å²) in [6, 6.07) is 18.9. The van der Waals surface area contributed by atoms with Crippen LogP contribution in [0.4, 0.5) is 5.69 Å². The Labute approximate surface area is 197 Å². The number of sulfonamides is 1. The maximum atomic E-state index is 13.8. The zero-order chi connectivity index (χ0) is 23.9. The van der Waals surface area contributed by atoms with E-state index in [4.69, 9.17) is 9.47 Å². The van der Waals surface area contributed by atoms with E-state index in [2.05, 4.69) is 0 Å². The van der Waals surface area contributed by atoms with Crippen LogP contribution in [0.3, 0.4) is 0 Å². The largest absolute Gasteiger partial charge is 0.454 e. The third-order valence-corrected chi connectivity index (χ3v) is 7.76. The van der Waals surface area contributed by atoms with Crippen molar-refractivity contribution in [1.82, 2.24) is 4.31 Å². The zero-order valence-corrected chi connectivity index (χ0v) is 19.2. The molecule has 0 aromatic heterocycles. The van der Waals surface area contributed by atoms with Gasteiger partial charge in [0.15, 0.2) is 11.5 Å². The van der Waals surface area contributed by atoms with Gasteiger partial charge in [0.1, 0.15) is 6.04 Å². The molecular formula is C25H22N2O6S. The van der Waals surface area contributed by atoms with Crippen molar-refractivity contribution in [3.63, 3.8) is 0 Å². The highest BCUT2D eigenvalue weighted by Gasteiger charge is 2.47. The van der Waals surface area contributed by atoms with Crippen LogP contribution in [0.2, 0.25) is 0 Å². The van der Waals surface area contributed by atoms with Crippen LogP contribution in [0.1, 0.15) is 17.5 Å². The van der Waals surface area contributed by atoms with Gasteiger partial charge in [-0.15, -0.1) is 0 Å². The summed E-state index contributed by atoms with van der Waals surface area (Å²) in [5.41, 5.74) is 1.93. The summed E-state index contributed by atoms with van der Waals surface area (Å²) in [6.07, 6.45) is -0.247. The molecule has 0 spiro atoms. The lowest BCUT2D eigenvalue weighted by Crippen LogP contribution is -2.45. The van der Waals surface area contributed by atoms with E-state index in [0.717, 1.165) is 14.8 Å². The van der Waals surface area contributed by atoms with Gasteiger partial charge in [-0.25, -0.2) is 13.3 Å². The predicted octanol–water partition coefficient (Wildman–Crippen LogP) is 3.25. The number of imide groups is 1. The maximum Gasteiger partial charge on any atom is 0.252 e. The Morgan fingerprint density at radius 3 is 2.38 bits per heavy atom. The number of ether oxygens (including phenoxy) is 2. The minimum absolute atomic E-state index is 0.0530. The van der Waals surface area contributed by atoms with E-state index in [1.54, 1.807) is 60.7 Å². The molecule has 1 saturated heterocycles. The molecule has 2 aliphatic heterocycles. The Bertz CT molecular complexity index is 1360. The first-order valence-electron chi connectivity index (χ1n) is 10.7. The lowest BCUT2D eigenvalue weighted by molar-refractivity contribution is -0.122. The molecule has 0 bridgehead atoms. The van der Waals surface area contributed by atoms with Gasteiger partial charge in [-0.1, -0.05) is 42.0 Å². The molecule has 3 aromatic carbocycles. The number of anilines is 1. The molecule has 5 rings (SSSR count). The second-order valence-electron chi connectivity index (χ2n) is 8.17. The van der Waals surface area contributed by atoms with E-state index in [-0.39, 0.29) is 24.7 Å². The van der Waals surface area contributed by atoms with Gasteiger partial charge in [-0.05, 0) is 48.9 Å². The van der Waals surface area contributed by atoms with Crippen molar-refractivity contribution in [2.75, 3.05) is 11.7 Å². The molecule has 1 atom stereocenters. The fourth-order valence-electron chi connectivity index (χ4n) is 4.12. The molecule has 0 N–H and O–H groups in total. The first kappa shape index (κ1) is 22.1. The van der Waals surface area contributed by atoms with Crippen molar-refractivity contribution in [2.24, 2.45) is 0 Å². The quantitative estimate of drug-likeness (QED) is 0.505. The van der Waals surface area contributed by atoms with Gasteiger partial charge in [0, 0.05) is 6.54 Å². The molecule has 174 valence electrons. The molecule has 0 radical (unpaired) electrons. The normalized spacial score (nSPS) is 17.6. The minimum atomic E-state index is -4.11. The van der Waals surface area contributed by atoms with Crippen molar-refractivity contribution in [2.45, 2.75) is 30.8 Å². The van der Waals surface area contributed by atoms with Crippen LogP contribution >= 0.6 is 0 Å². The number of carbonyl (C=O) groups excluding carboxylic acids is 2. The van der Waals surface area contributed by atoms with E-state index in [1.165, 1.54) is 12.1 Å². The third-order valence-electron chi connectivity index (χ3n) is 5.89. The smallest absolute Gasteiger partial charge is 0.252 e. The Hall–Kier alpha value is -3.69. The number of aryl methyl sites for hydroxylation is 1. The van der Waals surface area contributed by atoms with Gasteiger partial charge >= 0.3 is 0 Å². The van der Waals surface area contributed by atoms with Gasteiger partial charge in [0.2, 0.25) is 22.7 Å². The van der Waals surface area contributed by atoms with E-state index in [1.807, 2.05) is 6.92 Å². The Balaban J connectivity index is 1.54. The van der Waals surface area contributed by atoms with Crippen molar-refractivity contribution < 1.29 is 27.5 Å². The topological polar surface area (TPSA) is 93.2 Å². The highest BCUT2D eigenvalue weighted by atomic mass is 32.2. The van der Waals surface area contributed by atoms with E-state index in [9.17, 15) is 18.0 Å². The molecule has 2 amide bonds. The van der Waals surface area contributed by atoms with Crippen LogP contribution in [0, 0.1) is 6.92 Å². The number of carbonyl (C=O) groups is 2. The SMILES string of the molecule is Cc1ccc(S(=O)(=O)N(Cc2ccc3c(c2)OCO3)C2CC(=O)N(c3ccccc3)C2=O)cc1. The Morgan fingerprint density at radius 2 is 1.65 bits per heavy atom. The number of nitrogens with zero attached hydrogens (tertiary/aromatic N) is 2. The molecule has 34 heavy (non-hydrogen) atoms. The third kappa shape index (κ3) is 3.93. The molecule has 2 aliphatic rings. The minimum Gasteiger partial charge on any atom is -0.454 e. The van der Waals surface area contributed by atoms with Gasteiger partial charge in [0.25, 0.3) is 5.91 Å². The number of hydrogen-bond donors (Lipinski definition) is 0. The molecule has 8 nitrogen and oxygen atoms in total. The van der Waals surface area contributed by atoms with E-state index < -0.39 is 27.9 Å². The maximum absolute atomic E-state index is 13.8. The fourth-order valence-corrected chi connectivity index (χ4v) is 5.69. The van der Waals surface area contributed by atoms with E-state index >= 15 is 0 Å². The summed E-state index contributed by atoms with van der Waals surface area (Å²) in [6.45, 7) is 1.84. The molecule has 0 aliphatic carbocycles. The second-order valence-corrected chi connectivity index (χ2v) is 10.1. The average molecular weight is 479 g/mol. The molecule has 3 aromatic rings. The van der Waals surface area contributed by atoms with Gasteiger partial charge in [0.05, 0.1) is 17.0 Å². The number of para-hydroxylation sites is 1. The van der Waals surface area contributed by atoms with Crippen LogP contribution in [0.5, 0.6) is 11.5 Å². The van der Waals surface area contributed by atoms with Crippen LogP contribution in [-0.4, -0.2) is 37.4 Å². The highest BCUT2D eigenvalue weighted by molar-refractivity contribution is 7.89. The molecular weight excluding hydrogens is 456 g/mol. The number of amides is 2. The van der Waals surface area contributed by atoms with Crippen molar-refractivity contribution in [3.8, 4) is 11.5 Å². The molecule has 9 heteroatoms. The van der Waals surface area contributed by atoms with Crippen LogP contribution < -0.4 is 14.4 Å². The number of fused-ring (bicyclic) bond motifs is 1. The van der Waals surface area contributed by atoms with Crippen molar-refractivity contribution >= 4 is 27.5 Å². The molecule has 1 unspecified atom stereocenters. The highest BCUT2D eigenvalue weighted by Crippen LogP contribution is 2.35. The second kappa shape index (κ2) is 8.58. The summed E-state index contributed by atoms with van der Waals surface area (Å²) in [5.74, 6) is 0.0487. The molecule has 1 fully saturated rings. The Kier molecular flexibility index (Phi) is 5.59. The summed E-state index contributed by atoms with van der Waals surface area (Å²) in [4.78, 5) is 27.4. The number of benzene rings is 3. The standard InChI is InChI=1S/C25H22N2O6S/c1-17-7-10-20(11-8-17)34(30,31)26(15-18-9-12-22-23(13-18)33-16-32-22)21-14-24(28)27(25(21)29)19-5-3-2-4-6-19/h2-13,21H,14-16H2,1H3. The molecule has 2 heterocycles. The van der Waals surface area contributed by atoms with Crippen molar-refractivity contribution in [3.05, 3.63) is 83.9 Å². The fraction of sp³-hybridized carbons (Fsp3) is 0.200. The van der Waals surface area contributed by atoms with Crippen LogP contribution in [0.15, 0.2) is 77.7 Å². The summed E-state index contributed by atoms with van der Waals surface area (Å²) in [5, 5.41) is 0.